The number of benzene rings is 1. The van der Waals surface area contributed by atoms with E-state index >= 15 is 0 Å². The number of thioether (sulfide) groups is 1. The molecule has 3 nitrogen and oxygen atoms in total. The van der Waals surface area contributed by atoms with Crippen LogP contribution in [-0.2, 0) is 4.74 Å². The molecule has 1 saturated heterocycles. The van der Waals surface area contributed by atoms with Crippen molar-refractivity contribution in [1.82, 2.24) is 4.98 Å². The number of nitrogens with one attached hydrogen (secondary N) is 1. The quantitative estimate of drug-likeness (QED) is 0.852. The fourth-order valence-corrected chi connectivity index (χ4v) is 3.16. The Morgan fingerprint density at radius 1 is 1.50 bits per heavy atom. The Hall–Kier alpha value is -0.780. The van der Waals surface area contributed by atoms with E-state index in [-0.39, 0.29) is 0 Å². The maximum absolute atomic E-state index is 5.14. The third-order valence-electron chi connectivity index (χ3n) is 2.55. The summed E-state index contributed by atoms with van der Waals surface area (Å²) in [6.07, 6.45) is 2.06. The average molecular weight is 252 g/mol. The first-order chi connectivity index (χ1) is 7.85. The number of aromatic nitrogens is 1. The van der Waals surface area contributed by atoms with Gasteiger partial charge in [-0.15, -0.1) is 11.3 Å². The van der Waals surface area contributed by atoms with Gasteiger partial charge in [0.15, 0.2) is 4.34 Å². The standard InChI is InChI=1S/C11H12N2OS2/c1-15-11-13-9-3-2-7(4-10(9)16-11)12-8-5-14-6-8/h2-4,8,12H,5-6H2,1H3. The molecule has 1 aromatic carbocycles. The number of rotatable bonds is 3. The molecule has 16 heavy (non-hydrogen) atoms. The van der Waals surface area contributed by atoms with Crippen molar-refractivity contribution >= 4 is 39.0 Å². The van der Waals surface area contributed by atoms with Crippen molar-refractivity contribution < 1.29 is 4.74 Å². The van der Waals surface area contributed by atoms with E-state index in [9.17, 15) is 0 Å². The number of fused-ring (bicyclic) bond motifs is 1. The highest BCUT2D eigenvalue weighted by molar-refractivity contribution is 8.00. The molecule has 0 radical (unpaired) electrons. The molecule has 1 aliphatic heterocycles. The van der Waals surface area contributed by atoms with Gasteiger partial charge in [0.2, 0.25) is 0 Å². The number of anilines is 1. The molecule has 2 aromatic rings. The summed E-state index contributed by atoms with van der Waals surface area (Å²) in [5.41, 5.74) is 2.25. The van der Waals surface area contributed by atoms with E-state index in [0.717, 1.165) is 28.8 Å². The van der Waals surface area contributed by atoms with E-state index in [0.29, 0.717) is 6.04 Å². The smallest absolute Gasteiger partial charge is 0.150 e. The lowest BCUT2D eigenvalue weighted by molar-refractivity contribution is 0.0211. The van der Waals surface area contributed by atoms with E-state index in [4.69, 9.17) is 4.74 Å². The predicted octanol–water partition coefficient (Wildman–Crippen LogP) is 2.83. The highest BCUT2D eigenvalue weighted by atomic mass is 32.2. The Kier molecular flexibility index (Phi) is 2.75. The molecule has 0 amide bonds. The van der Waals surface area contributed by atoms with E-state index in [1.165, 1.54) is 4.70 Å². The molecular weight excluding hydrogens is 240 g/mol. The van der Waals surface area contributed by atoms with Crippen molar-refractivity contribution in [3.63, 3.8) is 0 Å². The molecule has 1 N–H and O–H groups in total. The fraction of sp³-hybridized carbons (Fsp3) is 0.364. The number of thiazole rings is 1. The Labute approximate surface area is 102 Å². The third-order valence-corrected chi connectivity index (χ3v) is 4.56. The summed E-state index contributed by atoms with van der Waals surface area (Å²) in [4.78, 5) is 4.51. The summed E-state index contributed by atoms with van der Waals surface area (Å²) >= 11 is 3.44. The topological polar surface area (TPSA) is 34.2 Å². The first-order valence-electron chi connectivity index (χ1n) is 5.14. The van der Waals surface area contributed by atoms with Crippen molar-refractivity contribution in [2.45, 2.75) is 10.4 Å². The van der Waals surface area contributed by atoms with Crippen molar-refractivity contribution in [3.05, 3.63) is 18.2 Å². The Morgan fingerprint density at radius 3 is 3.06 bits per heavy atom. The predicted molar refractivity (Wildman–Crippen MR) is 69.6 cm³/mol. The first kappa shape index (κ1) is 10.4. The zero-order valence-corrected chi connectivity index (χ0v) is 10.5. The minimum Gasteiger partial charge on any atom is -0.378 e. The van der Waals surface area contributed by atoms with Gasteiger partial charge in [0.25, 0.3) is 0 Å². The maximum Gasteiger partial charge on any atom is 0.150 e. The van der Waals surface area contributed by atoms with E-state index in [1.807, 2.05) is 0 Å². The second-order valence-electron chi connectivity index (χ2n) is 3.75. The zero-order valence-electron chi connectivity index (χ0n) is 8.90. The molecule has 2 heterocycles. The minimum atomic E-state index is 0.477. The molecule has 5 heteroatoms. The van der Waals surface area contributed by atoms with Crippen LogP contribution in [0.3, 0.4) is 0 Å². The van der Waals surface area contributed by atoms with Gasteiger partial charge < -0.3 is 10.1 Å². The number of ether oxygens (including phenoxy) is 1. The maximum atomic E-state index is 5.14. The third kappa shape index (κ3) is 1.90. The van der Waals surface area contributed by atoms with Crippen LogP contribution in [0.25, 0.3) is 10.2 Å². The Balaban J connectivity index is 1.88. The Morgan fingerprint density at radius 2 is 2.38 bits per heavy atom. The van der Waals surface area contributed by atoms with Crippen LogP contribution in [0.5, 0.6) is 0 Å². The van der Waals surface area contributed by atoms with Crippen LogP contribution < -0.4 is 5.32 Å². The molecule has 0 unspecified atom stereocenters. The van der Waals surface area contributed by atoms with E-state index in [2.05, 4.69) is 34.8 Å². The molecular formula is C11H12N2OS2. The first-order valence-corrected chi connectivity index (χ1v) is 7.18. The molecule has 1 aromatic heterocycles. The van der Waals surface area contributed by atoms with Gasteiger partial charge in [0.1, 0.15) is 0 Å². The molecule has 0 spiro atoms. The molecule has 0 bridgehead atoms. The molecule has 0 saturated carbocycles. The lowest BCUT2D eigenvalue weighted by Gasteiger charge is -2.27. The van der Waals surface area contributed by atoms with Gasteiger partial charge in [-0.1, -0.05) is 11.8 Å². The van der Waals surface area contributed by atoms with Gasteiger partial charge in [-0.05, 0) is 24.5 Å². The van der Waals surface area contributed by atoms with Crippen LogP contribution in [0, 0.1) is 0 Å². The average Bonchev–Trinajstić information content (AvgIpc) is 2.65. The summed E-state index contributed by atoms with van der Waals surface area (Å²) in [6, 6.07) is 6.81. The lowest BCUT2D eigenvalue weighted by atomic mass is 10.2. The van der Waals surface area contributed by atoms with Gasteiger partial charge in [-0.2, -0.15) is 0 Å². The van der Waals surface area contributed by atoms with Crippen LogP contribution in [0.1, 0.15) is 0 Å². The summed E-state index contributed by atoms with van der Waals surface area (Å²) in [6.45, 7) is 1.63. The largest absolute Gasteiger partial charge is 0.378 e. The SMILES string of the molecule is CSc1nc2ccc(NC3COC3)cc2s1. The van der Waals surface area contributed by atoms with Gasteiger partial charge in [-0.25, -0.2) is 4.98 Å². The van der Waals surface area contributed by atoms with Crippen LogP contribution in [0.2, 0.25) is 0 Å². The molecule has 1 aliphatic rings. The minimum absolute atomic E-state index is 0.477. The molecule has 3 rings (SSSR count). The lowest BCUT2D eigenvalue weighted by Crippen LogP contribution is -2.40. The normalized spacial score (nSPS) is 16.3. The van der Waals surface area contributed by atoms with Crippen molar-refractivity contribution in [3.8, 4) is 0 Å². The number of nitrogens with zero attached hydrogens (tertiary/aromatic N) is 1. The molecule has 84 valence electrons. The molecule has 0 atom stereocenters. The molecule has 0 aliphatic carbocycles. The monoisotopic (exact) mass is 252 g/mol. The molecule has 1 fully saturated rings. The fourth-order valence-electron chi connectivity index (χ4n) is 1.64. The summed E-state index contributed by atoms with van der Waals surface area (Å²) in [7, 11) is 0. The van der Waals surface area contributed by atoms with Crippen LogP contribution >= 0.6 is 23.1 Å². The van der Waals surface area contributed by atoms with Gasteiger partial charge in [0.05, 0.1) is 29.5 Å². The zero-order chi connectivity index (χ0) is 11.0. The van der Waals surface area contributed by atoms with Crippen LogP contribution in [0.4, 0.5) is 5.69 Å². The summed E-state index contributed by atoms with van der Waals surface area (Å²) < 4.78 is 7.51. The van der Waals surface area contributed by atoms with E-state index in [1.54, 1.807) is 23.1 Å². The second-order valence-corrected chi connectivity index (χ2v) is 5.83. The number of hydrogen-bond donors (Lipinski definition) is 1. The van der Waals surface area contributed by atoms with Crippen molar-refractivity contribution in [2.75, 3.05) is 24.8 Å². The summed E-state index contributed by atoms with van der Waals surface area (Å²) in [5.74, 6) is 0. The van der Waals surface area contributed by atoms with Crippen LogP contribution in [0.15, 0.2) is 22.5 Å². The van der Waals surface area contributed by atoms with Gasteiger partial charge in [0, 0.05) is 5.69 Å². The van der Waals surface area contributed by atoms with Gasteiger partial charge >= 0.3 is 0 Å². The highest BCUT2D eigenvalue weighted by Crippen LogP contribution is 2.30. The second kappa shape index (κ2) is 4.24. The summed E-state index contributed by atoms with van der Waals surface area (Å²) in [5, 5.41) is 3.44. The number of hydrogen-bond acceptors (Lipinski definition) is 5. The van der Waals surface area contributed by atoms with Gasteiger partial charge in [-0.3, -0.25) is 0 Å². The van der Waals surface area contributed by atoms with Crippen molar-refractivity contribution in [1.29, 1.82) is 0 Å². The van der Waals surface area contributed by atoms with Crippen LogP contribution in [-0.4, -0.2) is 30.5 Å². The Bertz CT molecular complexity index is 508. The van der Waals surface area contributed by atoms with Crippen molar-refractivity contribution in [2.24, 2.45) is 0 Å². The highest BCUT2D eigenvalue weighted by Gasteiger charge is 2.17. The van der Waals surface area contributed by atoms with E-state index < -0.39 is 0 Å².